The minimum Gasteiger partial charge on any atom is -0.496 e. The minimum absolute atomic E-state index is 0.380. The van der Waals surface area contributed by atoms with Gasteiger partial charge in [0.1, 0.15) is 5.75 Å². The van der Waals surface area contributed by atoms with E-state index in [9.17, 15) is 0 Å². The van der Waals surface area contributed by atoms with Crippen LogP contribution < -0.4 is 10.1 Å². The Morgan fingerprint density at radius 3 is 2.95 bits per heavy atom. The third-order valence-electron chi connectivity index (χ3n) is 4.98. The third kappa shape index (κ3) is 3.43. The highest BCUT2D eigenvalue weighted by Crippen LogP contribution is 2.30. The maximum Gasteiger partial charge on any atom is 0.133 e. The monoisotopic (exact) mass is 352 g/mol. The van der Waals surface area contributed by atoms with Crippen molar-refractivity contribution in [1.82, 2.24) is 10.2 Å². The standard InChI is InChI=1S/C17H25BrN2O/c1-12(13-5-6-17(21-2)16(18)10-13)19-14-7-9-20-8-3-4-15(20)11-14/h5-6,10,12,14-15,19H,3-4,7-9,11H2,1-2H3. The number of rotatable bonds is 4. The van der Waals surface area contributed by atoms with Gasteiger partial charge in [-0.05, 0) is 79.3 Å². The van der Waals surface area contributed by atoms with E-state index >= 15 is 0 Å². The number of hydrogen-bond acceptors (Lipinski definition) is 3. The van der Waals surface area contributed by atoms with Crippen LogP contribution >= 0.6 is 15.9 Å². The van der Waals surface area contributed by atoms with E-state index < -0.39 is 0 Å². The number of benzene rings is 1. The Balaban J connectivity index is 1.60. The minimum atomic E-state index is 0.380. The van der Waals surface area contributed by atoms with Crippen LogP contribution in [0, 0.1) is 0 Å². The van der Waals surface area contributed by atoms with Gasteiger partial charge in [-0.15, -0.1) is 0 Å². The summed E-state index contributed by atoms with van der Waals surface area (Å²) in [6.07, 6.45) is 5.36. The van der Waals surface area contributed by atoms with Crippen LogP contribution in [0.25, 0.3) is 0 Å². The molecule has 0 amide bonds. The predicted octanol–water partition coefficient (Wildman–Crippen LogP) is 3.74. The summed E-state index contributed by atoms with van der Waals surface area (Å²) in [6.45, 7) is 4.84. The predicted molar refractivity (Wildman–Crippen MR) is 89.9 cm³/mol. The summed E-state index contributed by atoms with van der Waals surface area (Å²) in [4.78, 5) is 2.67. The van der Waals surface area contributed by atoms with Crippen molar-refractivity contribution >= 4 is 15.9 Å². The first-order chi connectivity index (χ1) is 10.2. The van der Waals surface area contributed by atoms with E-state index in [1.54, 1.807) is 7.11 Å². The average Bonchev–Trinajstić information content (AvgIpc) is 2.94. The Kier molecular flexibility index (Phi) is 4.87. The molecule has 116 valence electrons. The molecule has 0 spiro atoms. The summed E-state index contributed by atoms with van der Waals surface area (Å²) in [5.74, 6) is 0.894. The molecular weight excluding hydrogens is 328 g/mol. The van der Waals surface area contributed by atoms with Gasteiger partial charge in [-0.25, -0.2) is 0 Å². The summed E-state index contributed by atoms with van der Waals surface area (Å²) in [5.41, 5.74) is 1.32. The van der Waals surface area contributed by atoms with Crippen molar-refractivity contribution in [3.05, 3.63) is 28.2 Å². The lowest BCUT2D eigenvalue weighted by atomic mass is 9.96. The molecule has 1 N–H and O–H groups in total. The zero-order valence-corrected chi connectivity index (χ0v) is 14.5. The number of nitrogens with one attached hydrogen (secondary N) is 1. The topological polar surface area (TPSA) is 24.5 Å². The summed E-state index contributed by atoms with van der Waals surface area (Å²) in [5, 5.41) is 3.82. The second-order valence-corrected chi connectivity index (χ2v) is 7.19. The maximum absolute atomic E-state index is 5.30. The Morgan fingerprint density at radius 1 is 1.33 bits per heavy atom. The van der Waals surface area contributed by atoms with Gasteiger partial charge in [0, 0.05) is 18.1 Å². The number of piperidine rings is 1. The van der Waals surface area contributed by atoms with Crippen molar-refractivity contribution in [2.75, 3.05) is 20.2 Å². The van der Waals surface area contributed by atoms with Gasteiger partial charge >= 0.3 is 0 Å². The summed E-state index contributed by atoms with van der Waals surface area (Å²) < 4.78 is 6.33. The Labute approximate surface area is 136 Å². The molecule has 0 aromatic heterocycles. The van der Waals surface area contributed by atoms with Gasteiger partial charge in [-0.1, -0.05) is 6.07 Å². The van der Waals surface area contributed by atoms with E-state index in [1.165, 1.54) is 44.3 Å². The van der Waals surface area contributed by atoms with E-state index in [1.807, 2.05) is 6.07 Å². The molecule has 0 bridgehead atoms. The summed E-state index contributed by atoms with van der Waals surface area (Å²) >= 11 is 3.58. The van der Waals surface area contributed by atoms with Gasteiger partial charge in [0.05, 0.1) is 11.6 Å². The zero-order chi connectivity index (χ0) is 14.8. The normalized spacial score (nSPS) is 27.4. The van der Waals surface area contributed by atoms with Gasteiger partial charge in [0.25, 0.3) is 0 Å². The van der Waals surface area contributed by atoms with E-state index in [0.29, 0.717) is 12.1 Å². The second kappa shape index (κ2) is 6.67. The second-order valence-electron chi connectivity index (χ2n) is 6.34. The number of ether oxygens (including phenoxy) is 1. The van der Waals surface area contributed by atoms with Crippen LogP contribution in [0.2, 0.25) is 0 Å². The average molecular weight is 353 g/mol. The first-order valence-electron chi connectivity index (χ1n) is 8.01. The number of hydrogen-bond donors (Lipinski definition) is 1. The number of fused-ring (bicyclic) bond motifs is 1. The van der Waals surface area contributed by atoms with Gasteiger partial charge in [-0.3, -0.25) is 0 Å². The highest BCUT2D eigenvalue weighted by atomic mass is 79.9. The zero-order valence-electron chi connectivity index (χ0n) is 12.9. The maximum atomic E-state index is 5.30. The van der Waals surface area contributed by atoms with Gasteiger partial charge < -0.3 is 15.0 Å². The molecule has 1 aromatic rings. The van der Waals surface area contributed by atoms with Crippen LogP contribution in [0.15, 0.2) is 22.7 Å². The lowest BCUT2D eigenvalue weighted by Crippen LogP contribution is -2.46. The molecular formula is C17H25BrN2O. The van der Waals surface area contributed by atoms with Crippen molar-refractivity contribution in [3.8, 4) is 5.75 Å². The fourth-order valence-electron chi connectivity index (χ4n) is 3.78. The summed E-state index contributed by atoms with van der Waals surface area (Å²) in [7, 11) is 1.71. The highest BCUT2D eigenvalue weighted by Gasteiger charge is 2.32. The Bertz CT molecular complexity index is 494. The molecule has 21 heavy (non-hydrogen) atoms. The first-order valence-corrected chi connectivity index (χ1v) is 8.80. The van der Waals surface area contributed by atoms with Crippen LogP contribution in [0.4, 0.5) is 0 Å². The molecule has 4 heteroatoms. The lowest BCUT2D eigenvalue weighted by molar-refractivity contribution is 0.162. The van der Waals surface area contributed by atoms with Crippen molar-refractivity contribution in [2.24, 2.45) is 0 Å². The van der Waals surface area contributed by atoms with E-state index in [2.05, 4.69) is 45.2 Å². The Hall–Kier alpha value is -0.580. The van der Waals surface area contributed by atoms with E-state index in [-0.39, 0.29) is 0 Å². The van der Waals surface area contributed by atoms with Gasteiger partial charge in [-0.2, -0.15) is 0 Å². The molecule has 2 saturated heterocycles. The molecule has 2 aliphatic heterocycles. The largest absolute Gasteiger partial charge is 0.496 e. The smallest absolute Gasteiger partial charge is 0.133 e. The molecule has 3 rings (SSSR count). The van der Waals surface area contributed by atoms with Crippen LogP contribution in [-0.2, 0) is 0 Å². The van der Waals surface area contributed by atoms with E-state index in [4.69, 9.17) is 4.74 Å². The molecule has 3 nitrogen and oxygen atoms in total. The fraction of sp³-hybridized carbons (Fsp3) is 0.647. The quantitative estimate of drug-likeness (QED) is 0.893. The summed E-state index contributed by atoms with van der Waals surface area (Å²) in [6, 6.07) is 8.22. The number of halogens is 1. The van der Waals surface area contributed by atoms with Crippen molar-refractivity contribution in [2.45, 2.75) is 50.7 Å². The molecule has 3 unspecified atom stereocenters. The van der Waals surface area contributed by atoms with Crippen molar-refractivity contribution in [3.63, 3.8) is 0 Å². The van der Waals surface area contributed by atoms with Crippen LogP contribution in [0.5, 0.6) is 5.75 Å². The van der Waals surface area contributed by atoms with Crippen molar-refractivity contribution in [1.29, 1.82) is 0 Å². The molecule has 2 fully saturated rings. The lowest BCUT2D eigenvalue weighted by Gasteiger charge is -2.36. The number of nitrogens with zero attached hydrogens (tertiary/aromatic N) is 1. The first kappa shape index (κ1) is 15.3. The number of methoxy groups -OCH3 is 1. The van der Waals surface area contributed by atoms with Gasteiger partial charge in [0.15, 0.2) is 0 Å². The SMILES string of the molecule is COc1ccc(C(C)NC2CCN3CCCC3C2)cc1Br. The Morgan fingerprint density at radius 2 is 2.19 bits per heavy atom. The third-order valence-corrected chi connectivity index (χ3v) is 5.60. The molecule has 2 heterocycles. The van der Waals surface area contributed by atoms with Crippen LogP contribution in [-0.4, -0.2) is 37.2 Å². The molecule has 2 aliphatic rings. The van der Waals surface area contributed by atoms with Crippen molar-refractivity contribution < 1.29 is 4.74 Å². The van der Waals surface area contributed by atoms with Gasteiger partial charge in [0.2, 0.25) is 0 Å². The molecule has 0 radical (unpaired) electrons. The molecule has 0 saturated carbocycles. The highest BCUT2D eigenvalue weighted by molar-refractivity contribution is 9.10. The molecule has 3 atom stereocenters. The molecule has 0 aliphatic carbocycles. The fourth-order valence-corrected chi connectivity index (χ4v) is 4.34. The van der Waals surface area contributed by atoms with Crippen LogP contribution in [0.1, 0.15) is 44.2 Å². The van der Waals surface area contributed by atoms with E-state index in [0.717, 1.165) is 16.3 Å². The van der Waals surface area contributed by atoms with Crippen LogP contribution in [0.3, 0.4) is 0 Å². The molecule has 1 aromatic carbocycles.